The van der Waals surface area contributed by atoms with Gasteiger partial charge in [-0.25, -0.2) is 9.98 Å². The lowest BCUT2D eigenvalue weighted by Crippen LogP contribution is -2.52. The van der Waals surface area contributed by atoms with Crippen LogP contribution in [0.5, 0.6) is 11.5 Å². The third-order valence-electron chi connectivity index (χ3n) is 5.11. The van der Waals surface area contributed by atoms with E-state index in [1.807, 2.05) is 24.6 Å². The van der Waals surface area contributed by atoms with Crippen LogP contribution in [-0.4, -0.2) is 67.7 Å². The maximum atomic E-state index is 5.53. The zero-order chi connectivity index (χ0) is 20.6. The normalized spacial score (nSPS) is 14.9. The third-order valence-corrected chi connectivity index (χ3v) is 6.03. The van der Waals surface area contributed by atoms with Crippen LogP contribution in [0.2, 0.25) is 0 Å². The van der Waals surface area contributed by atoms with Gasteiger partial charge >= 0.3 is 0 Å². The highest BCUT2D eigenvalue weighted by atomic mass is 127. The number of aliphatic imine (C=N–C) groups is 1. The van der Waals surface area contributed by atoms with Gasteiger partial charge in [0.2, 0.25) is 0 Å². The Morgan fingerprint density at radius 3 is 2.57 bits per heavy atom. The summed E-state index contributed by atoms with van der Waals surface area (Å²) in [5, 5.41) is 3.44. The van der Waals surface area contributed by atoms with Crippen molar-refractivity contribution in [1.29, 1.82) is 0 Å². The Morgan fingerprint density at radius 1 is 1.20 bits per heavy atom. The molecule has 1 fully saturated rings. The van der Waals surface area contributed by atoms with Crippen LogP contribution in [0, 0.1) is 6.92 Å². The van der Waals surface area contributed by atoms with Crippen LogP contribution in [0.15, 0.2) is 28.7 Å². The van der Waals surface area contributed by atoms with Crippen LogP contribution in [0.3, 0.4) is 0 Å². The van der Waals surface area contributed by atoms with Gasteiger partial charge in [0.1, 0.15) is 11.5 Å². The molecule has 0 bridgehead atoms. The van der Waals surface area contributed by atoms with Crippen LogP contribution in [0.25, 0.3) is 0 Å². The van der Waals surface area contributed by atoms with Crippen LogP contribution in [-0.2, 0) is 13.1 Å². The quantitative estimate of drug-likeness (QED) is 0.327. The molecule has 0 spiro atoms. The molecular formula is C21H32IN5O2S. The first-order valence-electron chi connectivity index (χ1n) is 10.00. The van der Waals surface area contributed by atoms with E-state index in [0.29, 0.717) is 6.54 Å². The average Bonchev–Trinajstić information content (AvgIpc) is 3.16. The van der Waals surface area contributed by atoms with Crippen LogP contribution in [0.1, 0.15) is 23.1 Å². The van der Waals surface area contributed by atoms with Gasteiger partial charge in [-0.1, -0.05) is 0 Å². The number of nitrogens with zero attached hydrogens (tertiary/aromatic N) is 4. The summed E-state index contributed by atoms with van der Waals surface area (Å²) in [6, 6.07) is 5.97. The molecule has 3 rings (SSSR count). The number of thiazole rings is 1. The first kappa shape index (κ1) is 24.7. The Morgan fingerprint density at radius 2 is 1.97 bits per heavy atom. The number of ether oxygens (including phenoxy) is 2. The van der Waals surface area contributed by atoms with E-state index in [4.69, 9.17) is 14.5 Å². The number of aromatic nitrogens is 1. The van der Waals surface area contributed by atoms with E-state index in [-0.39, 0.29) is 24.0 Å². The summed E-state index contributed by atoms with van der Waals surface area (Å²) >= 11 is 1.67. The van der Waals surface area contributed by atoms with Gasteiger partial charge < -0.3 is 19.7 Å². The molecule has 2 aromatic rings. The lowest BCUT2D eigenvalue weighted by Gasteiger charge is -2.36. The first-order valence-corrected chi connectivity index (χ1v) is 10.9. The largest absolute Gasteiger partial charge is 0.497 e. The summed E-state index contributed by atoms with van der Waals surface area (Å²) in [6.07, 6.45) is 0. The molecule has 30 heavy (non-hydrogen) atoms. The smallest absolute Gasteiger partial charge is 0.194 e. The van der Waals surface area contributed by atoms with Crippen molar-refractivity contribution in [2.24, 2.45) is 4.99 Å². The minimum absolute atomic E-state index is 0. The van der Waals surface area contributed by atoms with E-state index in [0.717, 1.165) is 68.0 Å². The molecule has 0 saturated carbocycles. The number of benzene rings is 1. The fourth-order valence-electron chi connectivity index (χ4n) is 3.41. The van der Waals surface area contributed by atoms with Crippen molar-refractivity contribution >= 4 is 41.3 Å². The minimum atomic E-state index is 0. The number of nitrogens with one attached hydrogen (secondary N) is 1. The van der Waals surface area contributed by atoms with Crippen molar-refractivity contribution in [2.75, 3.05) is 46.9 Å². The van der Waals surface area contributed by atoms with Gasteiger partial charge in [-0.3, -0.25) is 4.90 Å². The highest BCUT2D eigenvalue weighted by Gasteiger charge is 2.21. The topological polar surface area (TPSA) is 62.2 Å². The molecular weight excluding hydrogens is 513 g/mol. The van der Waals surface area contributed by atoms with E-state index in [1.54, 1.807) is 25.6 Å². The predicted octanol–water partition coefficient (Wildman–Crippen LogP) is 3.37. The second-order valence-corrected chi connectivity index (χ2v) is 7.91. The van der Waals surface area contributed by atoms with E-state index in [2.05, 4.69) is 33.1 Å². The SMILES string of the molecule is CCNC(=NCc1scnc1C)N1CCN(Cc2cc(OC)ccc2OC)CC1.I. The second-order valence-electron chi connectivity index (χ2n) is 6.97. The summed E-state index contributed by atoms with van der Waals surface area (Å²) in [5.74, 6) is 2.75. The van der Waals surface area contributed by atoms with Gasteiger partial charge in [-0.15, -0.1) is 35.3 Å². The molecule has 1 aromatic carbocycles. The highest BCUT2D eigenvalue weighted by Crippen LogP contribution is 2.25. The number of piperazine rings is 1. The molecule has 166 valence electrons. The van der Waals surface area contributed by atoms with Gasteiger partial charge in [0, 0.05) is 49.7 Å². The molecule has 1 aliphatic rings. The van der Waals surface area contributed by atoms with Crippen molar-refractivity contribution in [1.82, 2.24) is 20.1 Å². The Balaban J connectivity index is 0.00000320. The third kappa shape index (κ3) is 6.45. The van der Waals surface area contributed by atoms with Crippen molar-refractivity contribution in [3.05, 3.63) is 39.8 Å². The zero-order valence-corrected chi connectivity index (χ0v) is 21.3. The second kappa shape index (κ2) is 12.3. The van der Waals surface area contributed by atoms with Gasteiger partial charge in [0.15, 0.2) is 5.96 Å². The molecule has 1 N–H and O–H groups in total. The van der Waals surface area contributed by atoms with Crippen molar-refractivity contribution < 1.29 is 9.47 Å². The molecule has 7 nitrogen and oxygen atoms in total. The summed E-state index contributed by atoms with van der Waals surface area (Å²) in [5.41, 5.74) is 4.12. The number of guanidine groups is 1. The molecule has 1 aromatic heterocycles. The minimum Gasteiger partial charge on any atom is -0.497 e. The highest BCUT2D eigenvalue weighted by molar-refractivity contribution is 14.0. The summed E-state index contributed by atoms with van der Waals surface area (Å²) in [4.78, 5) is 15.2. The molecule has 0 atom stereocenters. The van der Waals surface area contributed by atoms with Gasteiger partial charge in [0.25, 0.3) is 0 Å². The Bertz CT molecular complexity index is 821. The molecule has 1 aliphatic heterocycles. The molecule has 0 unspecified atom stereocenters. The van der Waals surface area contributed by atoms with Crippen molar-refractivity contribution in [3.8, 4) is 11.5 Å². The van der Waals surface area contributed by atoms with Crippen molar-refractivity contribution in [2.45, 2.75) is 26.9 Å². The fraction of sp³-hybridized carbons (Fsp3) is 0.524. The molecule has 1 saturated heterocycles. The zero-order valence-electron chi connectivity index (χ0n) is 18.2. The van der Waals surface area contributed by atoms with E-state index in [1.165, 1.54) is 4.88 Å². The lowest BCUT2D eigenvalue weighted by atomic mass is 10.1. The van der Waals surface area contributed by atoms with E-state index in [9.17, 15) is 0 Å². The maximum absolute atomic E-state index is 5.53. The lowest BCUT2D eigenvalue weighted by molar-refractivity contribution is 0.171. The maximum Gasteiger partial charge on any atom is 0.194 e. The average molecular weight is 545 g/mol. The van der Waals surface area contributed by atoms with Gasteiger partial charge in [-0.05, 0) is 32.0 Å². The van der Waals surface area contributed by atoms with Crippen LogP contribution in [0.4, 0.5) is 0 Å². The van der Waals surface area contributed by atoms with Crippen LogP contribution >= 0.6 is 35.3 Å². The number of aryl methyl sites for hydroxylation is 1. The monoisotopic (exact) mass is 545 g/mol. The Kier molecular flexibility index (Phi) is 10.1. The molecule has 0 amide bonds. The summed E-state index contributed by atoms with van der Waals surface area (Å²) in [6.45, 7) is 10.4. The number of halogens is 1. The van der Waals surface area contributed by atoms with Crippen molar-refractivity contribution in [3.63, 3.8) is 0 Å². The Hall–Kier alpha value is -1.59. The van der Waals surface area contributed by atoms with Gasteiger partial charge in [-0.2, -0.15) is 0 Å². The van der Waals surface area contributed by atoms with E-state index >= 15 is 0 Å². The molecule has 2 heterocycles. The number of hydrogen-bond donors (Lipinski definition) is 1. The summed E-state index contributed by atoms with van der Waals surface area (Å²) < 4.78 is 10.9. The first-order chi connectivity index (χ1) is 14.1. The van der Waals surface area contributed by atoms with E-state index < -0.39 is 0 Å². The Labute approximate surface area is 200 Å². The number of hydrogen-bond acceptors (Lipinski definition) is 6. The number of rotatable bonds is 7. The summed E-state index contributed by atoms with van der Waals surface area (Å²) in [7, 11) is 3.41. The standard InChI is InChI=1S/C21H31N5O2S.HI/c1-5-22-21(23-13-20-16(2)24-15-29-20)26-10-8-25(9-11-26)14-17-12-18(27-3)6-7-19(17)28-4;/h6-7,12,15H,5,8-11,13-14H2,1-4H3,(H,22,23);1H. The predicted molar refractivity (Wildman–Crippen MR) is 133 cm³/mol. The van der Waals surface area contributed by atoms with Gasteiger partial charge in [0.05, 0.1) is 32.0 Å². The number of methoxy groups -OCH3 is 2. The molecule has 9 heteroatoms. The molecule has 0 radical (unpaired) electrons. The molecule has 0 aliphatic carbocycles. The fourth-order valence-corrected chi connectivity index (χ4v) is 4.12. The van der Waals surface area contributed by atoms with Crippen LogP contribution < -0.4 is 14.8 Å².